The molecule has 32 heavy (non-hydrogen) atoms. The van der Waals surface area contributed by atoms with Crippen molar-refractivity contribution in [2.45, 2.75) is 13.0 Å². The Bertz CT molecular complexity index is 1410. The number of rotatable bonds is 5. The lowest BCUT2D eigenvalue weighted by atomic mass is 10.1. The molecule has 2 aromatic carbocycles. The maximum atomic E-state index is 13.0. The molecule has 2 aromatic heterocycles. The largest absolute Gasteiger partial charge is 0.486 e. The highest BCUT2D eigenvalue weighted by Gasteiger charge is 2.19. The summed E-state index contributed by atoms with van der Waals surface area (Å²) in [4.78, 5) is 32.7. The second kappa shape index (κ2) is 8.01. The van der Waals surface area contributed by atoms with Gasteiger partial charge in [-0.3, -0.25) is 4.79 Å². The van der Waals surface area contributed by atoms with Gasteiger partial charge in [0.15, 0.2) is 11.5 Å². The van der Waals surface area contributed by atoms with Crippen molar-refractivity contribution < 1.29 is 19.0 Å². The summed E-state index contributed by atoms with van der Waals surface area (Å²) in [5.74, 6) is 0.722. The van der Waals surface area contributed by atoms with Gasteiger partial charge in [-0.25, -0.2) is 9.78 Å². The number of carbonyl (C=O) groups is 1. The van der Waals surface area contributed by atoms with Crippen LogP contribution in [0.4, 0.5) is 0 Å². The fraction of sp³-hybridized carbons (Fsp3) is 0.261. The first-order chi connectivity index (χ1) is 15.6. The van der Waals surface area contributed by atoms with Crippen LogP contribution >= 0.6 is 0 Å². The normalized spacial score (nSPS) is 12.9. The lowest BCUT2D eigenvalue weighted by molar-refractivity contribution is 0.0601. The highest BCUT2D eigenvalue weighted by molar-refractivity contribution is 6.01. The number of hydrogen-bond acceptors (Lipinski definition) is 7. The van der Waals surface area contributed by atoms with Crippen LogP contribution in [0.15, 0.2) is 41.3 Å². The number of aryl methyl sites for hydroxylation is 1. The van der Waals surface area contributed by atoms with Crippen molar-refractivity contribution in [3.05, 3.63) is 52.4 Å². The van der Waals surface area contributed by atoms with Gasteiger partial charge < -0.3 is 29.5 Å². The number of methoxy groups -OCH3 is 1. The van der Waals surface area contributed by atoms with E-state index in [0.717, 1.165) is 17.3 Å². The molecule has 4 aromatic rings. The first kappa shape index (κ1) is 20.1. The summed E-state index contributed by atoms with van der Waals surface area (Å²) in [5, 5.41) is 0.736. The van der Waals surface area contributed by atoms with Gasteiger partial charge in [-0.05, 0) is 31.2 Å². The zero-order valence-electron chi connectivity index (χ0n) is 17.5. The molecular weight excluding hydrogens is 412 g/mol. The molecule has 0 spiro atoms. The second-order valence-electron chi connectivity index (χ2n) is 7.53. The van der Waals surface area contributed by atoms with E-state index in [1.165, 1.54) is 7.11 Å². The molecular formula is C23H22N4O5. The molecule has 0 radical (unpaired) electrons. The average molecular weight is 434 g/mol. The fourth-order valence-corrected chi connectivity index (χ4v) is 3.98. The van der Waals surface area contributed by atoms with Crippen molar-refractivity contribution >= 4 is 27.9 Å². The molecule has 3 N–H and O–H groups in total. The van der Waals surface area contributed by atoms with Gasteiger partial charge in [0.25, 0.3) is 5.56 Å². The van der Waals surface area contributed by atoms with Crippen molar-refractivity contribution in [3.63, 3.8) is 0 Å². The van der Waals surface area contributed by atoms with Crippen LogP contribution < -0.4 is 20.8 Å². The van der Waals surface area contributed by atoms with Gasteiger partial charge in [-0.2, -0.15) is 0 Å². The van der Waals surface area contributed by atoms with Gasteiger partial charge in [-0.1, -0.05) is 0 Å². The molecule has 0 amide bonds. The van der Waals surface area contributed by atoms with Crippen LogP contribution in [0.25, 0.3) is 33.2 Å². The number of nitrogens with two attached hydrogens (primary N) is 1. The molecule has 0 unspecified atom stereocenters. The van der Waals surface area contributed by atoms with E-state index in [1.807, 2.05) is 16.8 Å². The lowest BCUT2D eigenvalue weighted by Crippen LogP contribution is -2.16. The summed E-state index contributed by atoms with van der Waals surface area (Å²) in [6.07, 6.45) is 2.65. The van der Waals surface area contributed by atoms with Crippen LogP contribution in [0, 0.1) is 0 Å². The van der Waals surface area contributed by atoms with Gasteiger partial charge in [0, 0.05) is 41.3 Å². The summed E-state index contributed by atoms with van der Waals surface area (Å²) in [5.41, 5.74) is 8.66. The lowest BCUT2D eigenvalue weighted by Gasteiger charge is -2.18. The molecule has 164 valence electrons. The molecule has 0 bridgehead atoms. The van der Waals surface area contributed by atoms with E-state index >= 15 is 0 Å². The van der Waals surface area contributed by atoms with Crippen LogP contribution in [0.2, 0.25) is 0 Å². The van der Waals surface area contributed by atoms with E-state index in [4.69, 9.17) is 19.9 Å². The summed E-state index contributed by atoms with van der Waals surface area (Å²) >= 11 is 0. The van der Waals surface area contributed by atoms with Crippen LogP contribution in [0.5, 0.6) is 11.5 Å². The number of ether oxygens (including phenoxy) is 3. The number of aromatic amines is 1. The molecule has 0 atom stereocenters. The zero-order chi connectivity index (χ0) is 22.2. The minimum absolute atomic E-state index is 0.257. The Kier molecular flexibility index (Phi) is 5.02. The number of carbonyl (C=O) groups excluding carboxylic acids is 1. The summed E-state index contributed by atoms with van der Waals surface area (Å²) in [7, 11) is 1.34. The predicted octanol–water partition coefficient (Wildman–Crippen LogP) is 2.45. The number of aromatic nitrogens is 3. The first-order valence-corrected chi connectivity index (χ1v) is 10.3. The van der Waals surface area contributed by atoms with E-state index in [9.17, 15) is 9.59 Å². The number of nitrogens with zero attached hydrogens (tertiary/aromatic N) is 2. The quantitative estimate of drug-likeness (QED) is 0.463. The van der Waals surface area contributed by atoms with E-state index in [-0.39, 0.29) is 11.3 Å². The predicted molar refractivity (Wildman–Crippen MR) is 119 cm³/mol. The fourth-order valence-electron chi connectivity index (χ4n) is 3.98. The highest BCUT2D eigenvalue weighted by Crippen LogP contribution is 2.34. The van der Waals surface area contributed by atoms with E-state index in [1.54, 1.807) is 24.3 Å². The third-order valence-corrected chi connectivity index (χ3v) is 5.52. The maximum absolute atomic E-state index is 13.0. The monoisotopic (exact) mass is 434 g/mol. The highest BCUT2D eigenvalue weighted by atomic mass is 16.6. The Labute approximate surface area is 182 Å². The zero-order valence-corrected chi connectivity index (χ0v) is 17.5. The van der Waals surface area contributed by atoms with Crippen molar-refractivity contribution in [3.8, 4) is 22.8 Å². The number of nitrogens with one attached hydrogen (secondary N) is 1. The molecule has 0 fully saturated rings. The van der Waals surface area contributed by atoms with Crippen LogP contribution in [0.3, 0.4) is 0 Å². The van der Waals surface area contributed by atoms with Crippen molar-refractivity contribution in [1.82, 2.24) is 14.5 Å². The first-order valence-electron chi connectivity index (χ1n) is 10.3. The molecule has 9 nitrogen and oxygen atoms in total. The Morgan fingerprint density at radius 1 is 1.22 bits per heavy atom. The van der Waals surface area contributed by atoms with Gasteiger partial charge in [0.1, 0.15) is 18.9 Å². The molecule has 1 aliphatic rings. The van der Waals surface area contributed by atoms with Gasteiger partial charge >= 0.3 is 5.97 Å². The van der Waals surface area contributed by atoms with Crippen LogP contribution in [-0.4, -0.2) is 47.4 Å². The molecule has 0 saturated heterocycles. The van der Waals surface area contributed by atoms with Gasteiger partial charge in [0.05, 0.1) is 23.7 Å². The molecule has 3 heterocycles. The van der Waals surface area contributed by atoms with Crippen molar-refractivity contribution in [2.75, 3.05) is 26.9 Å². The SMILES string of the molecule is COC(=O)c1ccc2c(c1)c(-c1nc3cc4c(cc3[nH]c1=O)OCCO4)cn2CCCN. The Hall–Kier alpha value is -3.85. The van der Waals surface area contributed by atoms with Crippen molar-refractivity contribution in [2.24, 2.45) is 5.73 Å². The third-order valence-electron chi connectivity index (χ3n) is 5.52. The number of hydrogen-bond donors (Lipinski definition) is 2. The molecule has 1 aliphatic heterocycles. The number of fused-ring (bicyclic) bond motifs is 3. The summed E-state index contributed by atoms with van der Waals surface area (Å²) < 4.78 is 18.1. The molecule has 5 rings (SSSR count). The van der Waals surface area contributed by atoms with E-state index in [0.29, 0.717) is 60.0 Å². The van der Waals surface area contributed by atoms with Gasteiger partial charge in [-0.15, -0.1) is 0 Å². The summed E-state index contributed by atoms with van der Waals surface area (Å²) in [6, 6.07) is 8.76. The van der Waals surface area contributed by atoms with Crippen LogP contribution in [-0.2, 0) is 11.3 Å². The minimum Gasteiger partial charge on any atom is -0.486 e. The van der Waals surface area contributed by atoms with E-state index < -0.39 is 5.97 Å². The molecule has 9 heteroatoms. The Morgan fingerprint density at radius 3 is 2.75 bits per heavy atom. The minimum atomic E-state index is -0.447. The molecule has 0 saturated carbocycles. The second-order valence-corrected chi connectivity index (χ2v) is 7.53. The third kappa shape index (κ3) is 3.36. The smallest absolute Gasteiger partial charge is 0.337 e. The summed E-state index contributed by atoms with van der Waals surface area (Å²) in [6.45, 7) is 2.13. The van der Waals surface area contributed by atoms with Crippen LogP contribution in [0.1, 0.15) is 16.8 Å². The standard InChI is InChI=1S/C23H22N4O5/c1-30-23(29)13-3-4-18-14(9-13)15(12-27(18)6-2-5-24)21-22(28)26-17-11-20-19(10-16(17)25-21)31-7-8-32-20/h3-4,9-12H,2,5-8,24H2,1H3,(H,26,28). The Balaban J connectivity index is 1.72. The molecule has 0 aliphatic carbocycles. The van der Waals surface area contributed by atoms with Gasteiger partial charge in [0.2, 0.25) is 0 Å². The Morgan fingerprint density at radius 2 is 2.00 bits per heavy atom. The topological polar surface area (TPSA) is 121 Å². The van der Waals surface area contributed by atoms with E-state index in [2.05, 4.69) is 9.97 Å². The maximum Gasteiger partial charge on any atom is 0.337 e. The number of H-pyrrole nitrogens is 1. The average Bonchev–Trinajstić information content (AvgIpc) is 3.18. The van der Waals surface area contributed by atoms with Crippen molar-refractivity contribution in [1.29, 1.82) is 0 Å². The number of benzene rings is 2. The number of esters is 1.